The fraction of sp³-hybridized carbons (Fsp3) is 0.923. The van der Waals surface area contributed by atoms with Crippen molar-refractivity contribution in [1.82, 2.24) is 10.2 Å². The predicted molar refractivity (Wildman–Crippen MR) is 65.2 cm³/mol. The van der Waals surface area contributed by atoms with Gasteiger partial charge in [-0.1, -0.05) is 27.7 Å². The zero-order valence-corrected chi connectivity index (χ0v) is 11.0. The normalized spacial score (nSPS) is 25.0. The van der Waals surface area contributed by atoms with Crippen molar-refractivity contribution in [2.45, 2.75) is 46.1 Å². The van der Waals surface area contributed by atoms with Crippen LogP contribution in [0.2, 0.25) is 0 Å². The van der Waals surface area contributed by atoms with Gasteiger partial charge in [0.1, 0.15) is 0 Å². The highest BCUT2D eigenvalue weighted by Gasteiger charge is 2.53. The maximum Gasteiger partial charge on any atom is 0.226 e. The van der Waals surface area contributed by atoms with E-state index >= 15 is 0 Å². The number of carbonyl (C=O) groups is 1. The Kier molecular flexibility index (Phi) is 2.77. The molecule has 1 aliphatic carbocycles. The van der Waals surface area contributed by atoms with Gasteiger partial charge in [0.2, 0.25) is 5.91 Å². The number of likely N-dealkylation sites (tertiary alicyclic amines) is 1. The summed E-state index contributed by atoms with van der Waals surface area (Å²) in [5.74, 6) is 0.511. The van der Waals surface area contributed by atoms with Crippen molar-refractivity contribution < 1.29 is 4.79 Å². The molecule has 0 radical (unpaired) electrons. The first kappa shape index (κ1) is 11.9. The maximum absolute atomic E-state index is 12.1. The van der Waals surface area contributed by atoms with Crippen LogP contribution in [0.4, 0.5) is 0 Å². The van der Waals surface area contributed by atoms with Crippen molar-refractivity contribution in [2.24, 2.45) is 11.3 Å². The molecule has 2 aliphatic rings. The molecule has 0 bridgehead atoms. The lowest BCUT2D eigenvalue weighted by atomic mass is 9.83. The number of hydrogen-bond donors (Lipinski definition) is 1. The lowest BCUT2D eigenvalue weighted by Gasteiger charge is -2.40. The highest BCUT2D eigenvalue weighted by molar-refractivity contribution is 5.81. The Bertz CT molecular complexity index is 283. The molecule has 1 N–H and O–H groups in total. The van der Waals surface area contributed by atoms with E-state index in [0.29, 0.717) is 0 Å². The second kappa shape index (κ2) is 3.73. The summed E-state index contributed by atoms with van der Waals surface area (Å²) in [6.07, 6.45) is 2.29. The molecular formula is C13H24N2O. The SMILES string of the molecule is CCN1CC(C(=O)NC2(C(C)(C)C)CC2)C1. The molecule has 3 nitrogen and oxygen atoms in total. The molecule has 0 aromatic carbocycles. The summed E-state index contributed by atoms with van der Waals surface area (Å²) in [5.41, 5.74) is 0.285. The van der Waals surface area contributed by atoms with E-state index in [1.165, 1.54) is 0 Å². The molecule has 1 aliphatic heterocycles. The van der Waals surface area contributed by atoms with Gasteiger partial charge >= 0.3 is 0 Å². The average Bonchev–Trinajstić information content (AvgIpc) is 2.82. The Labute approximate surface area is 98.6 Å². The smallest absolute Gasteiger partial charge is 0.226 e. The van der Waals surface area contributed by atoms with E-state index in [0.717, 1.165) is 32.5 Å². The van der Waals surface area contributed by atoms with E-state index in [1.807, 2.05) is 0 Å². The number of hydrogen-bond acceptors (Lipinski definition) is 2. The molecule has 1 heterocycles. The van der Waals surface area contributed by atoms with Gasteiger partial charge in [-0.15, -0.1) is 0 Å². The molecule has 16 heavy (non-hydrogen) atoms. The van der Waals surface area contributed by atoms with Crippen molar-refractivity contribution in [2.75, 3.05) is 19.6 Å². The molecule has 1 amide bonds. The van der Waals surface area contributed by atoms with E-state index in [1.54, 1.807) is 0 Å². The van der Waals surface area contributed by atoms with Crippen LogP contribution in [0.25, 0.3) is 0 Å². The summed E-state index contributed by atoms with van der Waals surface area (Å²) in [6, 6.07) is 0. The monoisotopic (exact) mass is 224 g/mol. The van der Waals surface area contributed by atoms with E-state index in [4.69, 9.17) is 0 Å². The third-order valence-corrected chi connectivity index (χ3v) is 4.32. The number of amides is 1. The molecule has 1 saturated carbocycles. The Balaban J connectivity index is 1.85. The zero-order chi connectivity index (χ0) is 12.0. The van der Waals surface area contributed by atoms with Crippen LogP contribution < -0.4 is 5.32 Å². The average molecular weight is 224 g/mol. The minimum atomic E-state index is 0.0940. The van der Waals surface area contributed by atoms with Crippen LogP contribution >= 0.6 is 0 Å². The lowest BCUT2D eigenvalue weighted by Crippen LogP contribution is -2.57. The highest BCUT2D eigenvalue weighted by Crippen LogP contribution is 2.49. The van der Waals surface area contributed by atoms with Gasteiger partial charge in [0, 0.05) is 18.6 Å². The molecule has 92 valence electrons. The molecule has 0 unspecified atom stereocenters. The molecule has 0 atom stereocenters. The second-order valence-corrected chi connectivity index (χ2v) is 6.37. The molecule has 1 saturated heterocycles. The Hall–Kier alpha value is -0.570. The van der Waals surface area contributed by atoms with Crippen molar-refractivity contribution in [3.8, 4) is 0 Å². The summed E-state index contributed by atoms with van der Waals surface area (Å²) in [6.45, 7) is 11.8. The maximum atomic E-state index is 12.1. The standard InChI is InChI=1S/C13H24N2O/c1-5-15-8-10(9-15)11(16)14-13(6-7-13)12(2,3)4/h10H,5-9H2,1-4H3,(H,14,16). The van der Waals surface area contributed by atoms with Gasteiger partial charge in [0.15, 0.2) is 0 Å². The quantitative estimate of drug-likeness (QED) is 0.790. The van der Waals surface area contributed by atoms with Gasteiger partial charge in [-0.05, 0) is 24.8 Å². The fourth-order valence-electron chi connectivity index (χ4n) is 2.52. The fourth-order valence-corrected chi connectivity index (χ4v) is 2.52. The molecule has 2 fully saturated rings. The van der Waals surface area contributed by atoms with Crippen LogP contribution in [0.3, 0.4) is 0 Å². The minimum absolute atomic E-state index is 0.0940. The van der Waals surface area contributed by atoms with Gasteiger partial charge in [-0.25, -0.2) is 0 Å². The van der Waals surface area contributed by atoms with Crippen LogP contribution in [-0.2, 0) is 4.79 Å². The Morgan fingerprint density at radius 1 is 1.38 bits per heavy atom. The van der Waals surface area contributed by atoms with Crippen LogP contribution in [0, 0.1) is 11.3 Å². The van der Waals surface area contributed by atoms with Crippen molar-refractivity contribution in [3.05, 3.63) is 0 Å². The second-order valence-electron chi connectivity index (χ2n) is 6.37. The van der Waals surface area contributed by atoms with Crippen LogP contribution in [0.5, 0.6) is 0 Å². The van der Waals surface area contributed by atoms with Crippen molar-refractivity contribution >= 4 is 5.91 Å². The summed E-state index contributed by atoms with van der Waals surface area (Å²) in [5, 5.41) is 3.29. The lowest BCUT2D eigenvalue weighted by molar-refractivity contribution is -0.132. The molecule has 0 aromatic rings. The summed E-state index contributed by atoms with van der Waals surface area (Å²) < 4.78 is 0. The first-order valence-corrected chi connectivity index (χ1v) is 6.42. The van der Waals surface area contributed by atoms with E-state index in [9.17, 15) is 4.79 Å². The van der Waals surface area contributed by atoms with E-state index in [2.05, 4.69) is 37.9 Å². The first-order chi connectivity index (χ1) is 7.38. The predicted octanol–water partition coefficient (Wildman–Crippen LogP) is 1.63. The number of nitrogens with one attached hydrogen (secondary N) is 1. The Morgan fingerprint density at radius 2 is 1.94 bits per heavy atom. The van der Waals surface area contributed by atoms with E-state index < -0.39 is 0 Å². The number of carbonyl (C=O) groups excluding carboxylic acids is 1. The number of rotatable bonds is 3. The van der Waals surface area contributed by atoms with Crippen molar-refractivity contribution in [3.63, 3.8) is 0 Å². The van der Waals surface area contributed by atoms with Crippen LogP contribution in [0.1, 0.15) is 40.5 Å². The summed E-state index contributed by atoms with van der Waals surface area (Å²) in [4.78, 5) is 14.4. The van der Waals surface area contributed by atoms with Crippen LogP contribution in [-0.4, -0.2) is 36.0 Å². The molecule has 2 rings (SSSR count). The number of nitrogens with zero attached hydrogens (tertiary/aromatic N) is 1. The minimum Gasteiger partial charge on any atom is -0.350 e. The van der Waals surface area contributed by atoms with Gasteiger partial charge in [-0.2, -0.15) is 0 Å². The molecule has 0 spiro atoms. The largest absolute Gasteiger partial charge is 0.350 e. The van der Waals surface area contributed by atoms with Gasteiger partial charge in [-0.3, -0.25) is 4.79 Å². The zero-order valence-electron chi connectivity index (χ0n) is 11.0. The third-order valence-electron chi connectivity index (χ3n) is 4.32. The van der Waals surface area contributed by atoms with E-state index in [-0.39, 0.29) is 22.8 Å². The molecule has 3 heteroatoms. The molecular weight excluding hydrogens is 200 g/mol. The van der Waals surface area contributed by atoms with Crippen LogP contribution in [0.15, 0.2) is 0 Å². The van der Waals surface area contributed by atoms with Gasteiger partial charge in [0.25, 0.3) is 0 Å². The van der Waals surface area contributed by atoms with Gasteiger partial charge < -0.3 is 10.2 Å². The summed E-state index contributed by atoms with van der Waals surface area (Å²) in [7, 11) is 0. The van der Waals surface area contributed by atoms with Gasteiger partial charge in [0.05, 0.1) is 5.92 Å². The Morgan fingerprint density at radius 3 is 2.31 bits per heavy atom. The molecule has 0 aromatic heterocycles. The first-order valence-electron chi connectivity index (χ1n) is 6.42. The topological polar surface area (TPSA) is 32.3 Å². The summed E-state index contributed by atoms with van der Waals surface area (Å²) >= 11 is 0. The highest BCUT2D eigenvalue weighted by atomic mass is 16.2. The van der Waals surface area contributed by atoms with Crippen molar-refractivity contribution in [1.29, 1.82) is 0 Å². The third kappa shape index (κ3) is 1.97.